The summed E-state index contributed by atoms with van der Waals surface area (Å²) in [5, 5.41) is 13.2. The third kappa shape index (κ3) is 1.40. The average Bonchev–Trinajstić information content (AvgIpc) is 2.02. The molecule has 3 heteroatoms. The maximum absolute atomic E-state index is 11.3. The lowest BCUT2D eigenvalue weighted by atomic mass is 9.67. The molecule has 3 nitrogen and oxygen atoms in total. The molecule has 0 spiro atoms. The molecule has 0 aromatic carbocycles. The van der Waals surface area contributed by atoms with Crippen molar-refractivity contribution in [2.24, 2.45) is 5.92 Å². The Bertz CT molecular complexity index is 237. The second-order valence-corrected chi connectivity index (χ2v) is 4.71. The first-order chi connectivity index (χ1) is 6.00. The Morgan fingerprint density at radius 2 is 2.23 bits per heavy atom. The molecule has 74 valence electrons. The average molecular weight is 183 g/mol. The number of carbonyl (C=O) groups is 1. The van der Waals surface area contributed by atoms with Crippen molar-refractivity contribution >= 4 is 5.78 Å². The normalized spacial score (nSPS) is 49.3. The Kier molecular flexibility index (Phi) is 1.96. The van der Waals surface area contributed by atoms with Gasteiger partial charge in [0.15, 0.2) is 0 Å². The van der Waals surface area contributed by atoms with Gasteiger partial charge in [-0.25, -0.2) is 0 Å². The molecule has 1 unspecified atom stereocenters. The van der Waals surface area contributed by atoms with Gasteiger partial charge in [-0.3, -0.25) is 4.79 Å². The van der Waals surface area contributed by atoms with Crippen LogP contribution in [0.5, 0.6) is 0 Å². The topological polar surface area (TPSA) is 49.3 Å². The van der Waals surface area contributed by atoms with Crippen LogP contribution >= 0.6 is 0 Å². The standard InChI is InChI=1S/C10H17NO2/c1-6(12)9-7-3-4-8(11-9)10(2,13)5-7/h7-9,11,13H,3-5H2,1-2H3/t7-,8+,9-,10?/m1/s1. The fraction of sp³-hybridized carbons (Fsp3) is 0.900. The molecule has 1 saturated carbocycles. The number of piperidine rings is 2. The van der Waals surface area contributed by atoms with Gasteiger partial charge < -0.3 is 10.4 Å². The second-order valence-electron chi connectivity index (χ2n) is 4.71. The third-order valence-corrected chi connectivity index (χ3v) is 3.54. The number of hydrogen-bond acceptors (Lipinski definition) is 3. The predicted octanol–water partition coefficient (Wildman–Crippen LogP) is 0.467. The summed E-state index contributed by atoms with van der Waals surface area (Å²) in [6.07, 6.45) is 2.86. The van der Waals surface area contributed by atoms with Gasteiger partial charge >= 0.3 is 0 Å². The van der Waals surface area contributed by atoms with Crippen LogP contribution in [0, 0.1) is 5.92 Å². The van der Waals surface area contributed by atoms with E-state index in [0.717, 1.165) is 19.3 Å². The van der Waals surface area contributed by atoms with Crippen molar-refractivity contribution in [3.63, 3.8) is 0 Å². The van der Waals surface area contributed by atoms with Gasteiger partial charge in [-0.1, -0.05) is 0 Å². The molecule has 1 aliphatic carbocycles. The lowest BCUT2D eigenvalue weighted by Gasteiger charge is -2.50. The summed E-state index contributed by atoms with van der Waals surface area (Å²) in [5.41, 5.74) is -0.602. The highest BCUT2D eigenvalue weighted by molar-refractivity contribution is 5.82. The van der Waals surface area contributed by atoms with Crippen LogP contribution in [-0.2, 0) is 4.79 Å². The zero-order valence-electron chi connectivity index (χ0n) is 8.21. The molecular formula is C10H17NO2. The molecule has 0 radical (unpaired) electrons. The molecule has 13 heavy (non-hydrogen) atoms. The first kappa shape index (κ1) is 9.16. The maximum Gasteiger partial charge on any atom is 0.146 e. The fourth-order valence-electron chi connectivity index (χ4n) is 2.82. The molecule has 2 saturated heterocycles. The lowest BCUT2D eigenvalue weighted by molar-refractivity contribution is -0.129. The SMILES string of the molecule is CC(=O)[C@H]1N[C@H]2CC[C@@H]1CC2(C)O. The highest BCUT2D eigenvalue weighted by atomic mass is 16.3. The molecule has 2 aliphatic heterocycles. The number of nitrogens with one attached hydrogen (secondary N) is 1. The van der Waals surface area contributed by atoms with Crippen LogP contribution in [0.25, 0.3) is 0 Å². The predicted molar refractivity (Wildman–Crippen MR) is 49.4 cm³/mol. The van der Waals surface area contributed by atoms with E-state index in [0.29, 0.717) is 5.92 Å². The monoisotopic (exact) mass is 183 g/mol. The molecule has 3 rings (SSSR count). The Labute approximate surface area is 78.5 Å². The van der Waals surface area contributed by atoms with Gasteiger partial charge in [0.1, 0.15) is 5.78 Å². The van der Waals surface area contributed by atoms with Gasteiger partial charge in [-0.05, 0) is 39.0 Å². The largest absolute Gasteiger partial charge is 0.389 e. The molecule has 3 aliphatic rings. The summed E-state index contributed by atoms with van der Waals surface area (Å²) in [4.78, 5) is 11.3. The third-order valence-electron chi connectivity index (χ3n) is 3.54. The van der Waals surface area contributed by atoms with Crippen LogP contribution in [0.2, 0.25) is 0 Å². The molecule has 0 aromatic rings. The highest BCUT2D eigenvalue weighted by Gasteiger charge is 2.48. The van der Waals surface area contributed by atoms with E-state index in [4.69, 9.17) is 0 Å². The summed E-state index contributed by atoms with van der Waals surface area (Å²) >= 11 is 0. The quantitative estimate of drug-likeness (QED) is 0.621. The number of aliphatic hydroxyl groups is 1. The minimum atomic E-state index is -0.602. The van der Waals surface area contributed by atoms with Gasteiger partial charge in [0.2, 0.25) is 0 Å². The minimum absolute atomic E-state index is 0.000949. The van der Waals surface area contributed by atoms with Gasteiger partial charge in [-0.2, -0.15) is 0 Å². The maximum atomic E-state index is 11.3. The smallest absolute Gasteiger partial charge is 0.146 e. The molecule has 0 aromatic heterocycles. The van der Waals surface area contributed by atoms with E-state index in [1.807, 2.05) is 6.92 Å². The first-order valence-electron chi connectivity index (χ1n) is 4.99. The van der Waals surface area contributed by atoms with Crippen LogP contribution in [-0.4, -0.2) is 28.6 Å². The molecule has 2 bridgehead atoms. The molecule has 2 N–H and O–H groups in total. The fourth-order valence-corrected chi connectivity index (χ4v) is 2.82. The Hall–Kier alpha value is -0.410. The Balaban J connectivity index is 2.16. The van der Waals surface area contributed by atoms with Crippen molar-refractivity contribution in [2.75, 3.05) is 0 Å². The first-order valence-corrected chi connectivity index (χ1v) is 4.99. The Morgan fingerprint density at radius 3 is 2.62 bits per heavy atom. The van der Waals surface area contributed by atoms with Crippen molar-refractivity contribution in [3.8, 4) is 0 Å². The molecule has 2 heterocycles. The van der Waals surface area contributed by atoms with Crippen molar-refractivity contribution in [3.05, 3.63) is 0 Å². The van der Waals surface area contributed by atoms with Gasteiger partial charge in [-0.15, -0.1) is 0 Å². The molecule has 0 amide bonds. The van der Waals surface area contributed by atoms with Crippen molar-refractivity contribution < 1.29 is 9.90 Å². The molecule has 4 atom stereocenters. The number of fused-ring (bicyclic) bond motifs is 3. The molecular weight excluding hydrogens is 166 g/mol. The van der Waals surface area contributed by atoms with E-state index in [1.165, 1.54) is 0 Å². The summed E-state index contributed by atoms with van der Waals surface area (Å²) in [5.74, 6) is 0.558. The van der Waals surface area contributed by atoms with Crippen molar-refractivity contribution in [2.45, 2.75) is 50.8 Å². The van der Waals surface area contributed by atoms with Crippen molar-refractivity contribution in [1.29, 1.82) is 0 Å². The van der Waals surface area contributed by atoms with Crippen LogP contribution < -0.4 is 5.32 Å². The summed E-state index contributed by atoms with van der Waals surface area (Å²) in [6.45, 7) is 3.50. The zero-order chi connectivity index (χ0) is 9.64. The zero-order valence-corrected chi connectivity index (χ0v) is 8.21. The van der Waals surface area contributed by atoms with Gasteiger partial charge in [0.05, 0.1) is 11.6 Å². The van der Waals surface area contributed by atoms with Crippen molar-refractivity contribution in [1.82, 2.24) is 5.32 Å². The van der Waals surface area contributed by atoms with Gasteiger partial charge in [0, 0.05) is 6.04 Å². The van der Waals surface area contributed by atoms with E-state index in [-0.39, 0.29) is 17.9 Å². The van der Waals surface area contributed by atoms with Crippen LogP contribution in [0.3, 0.4) is 0 Å². The van der Waals surface area contributed by atoms with Crippen LogP contribution in [0.1, 0.15) is 33.1 Å². The number of ketones is 1. The number of carbonyl (C=O) groups excluding carboxylic acids is 1. The van der Waals surface area contributed by atoms with E-state index in [1.54, 1.807) is 6.92 Å². The summed E-state index contributed by atoms with van der Waals surface area (Å²) < 4.78 is 0. The van der Waals surface area contributed by atoms with Gasteiger partial charge in [0.25, 0.3) is 0 Å². The second kappa shape index (κ2) is 2.79. The highest BCUT2D eigenvalue weighted by Crippen LogP contribution is 2.39. The van der Waals surface area contributed by atoms with Crippen LogP contribution in [0.15, 0.2) is 0 Å². The number of Topliss-reactive ketones (excluding diaryl/α,β-unsaturated/α-hetero) is 1. The van der Waals surface area contributed by atoms with E-state index < -0.39 is 5.60 Å². The number of rotatable bonds is 1. The van der Waals surface area contributed by atoms with E-state index in [9.17, 15) is 9.90 Å². The Morgan fingerprint density at radius 1 is 1.54 bits per heavy atom. The molecule has 3 fully saturated rings. The minimum Gasteiger partial charge on any atom is -0.389 e. The van der Waals surface area contributed by atoms with E-state index in [2.05, 4.69) is 5.32 Å². The lowest BCUT2D eigenvalue weighted by Crippen LogP contribution is -2.66. The summed E-state index contributed by atoms with van der Waals surface area (Å²) in [6, 6.07) is 0.116. The summed E-state index contributed by atoms with van der Waals surface area (Å²) in [7, 11) is 0. The van der Waals surface area contributed by atoms with Crippen LogP contribution in [0.4, 0.5) is 0 Å². The van der Waals surface area contributed by atoms with E-state index >= 15 is 0 Å². The number of hydrogen-bond donors (Lipinski definition) is 2.